The average Bonchev–Trinajstić information content (AvgIpc) is 2.27. The fraction of sp³-hybridized carbons (Fsp3) is 0.167. The van der Waals surface area contributed by atoms with Gasteiger partial charge < -0.3 is 18.4 Å². The molecule has 2 aromatic rings. The summed E-state index contributed by atoms with van der Waals surface area (Å²) < 4.78 is 21.8. The molecule has 0 aliphatic rings. The van der Waals surface area contributed by atoms with Crippen molar-refractivity contribution < 1.29 is 34.6 Å². The molecule has 18 heavy (non-hydrogen) atoms. The summed E-state index contributed by atoms with van der Waals surface area (Å²) in [6.45, 7) is 0. The summed E-state index contributed by atoms with van der Waals surface area (Å²) in [5, 5.41) is 11.1. The van der Waals surface area contributed by atoms with E-state index in [1.165, 1.54) is 6.07 Å². The summed E-state index contributed by atoms with van der Waals surface area (Å²) in [7, 11) is 1.46. The van der Waals surface area contributed by atoms with E-state index >= 15 is 0 Å². The van der Waals surface area contributed by atoms with Gasteiger partial charge in [-0.05, 0) is 40.4 Å². The van der Waals surface area contributed by atoms with Crippen LogP contribution in [-0.2, 0) is 40.2 Å². The Balaban J connectivity index is 0.00000162. The van der Waals surface area contributed by atoms with Gasteiger partial charge in [0.1, 0.15) is 5.75 Å². The summed E-state index contributed by atoms with van der Waals surface area (Å²) in [4.78, 5) is 2.00. The number of nitrogens with zero attached hydrogens (tertiary/aromatic N) is 1. The van der Waals surface area contributed by atoms with E-state index in [4.69, 9.17) is 0 Å². The summed E-state index contributed by atoms with van der Waals surface area (Å²) in [6, 6.07) is 8.28. The minimum absolute atomic E-state index is 0. The number of hydrogen-bond acceptors (Lipinski definition) is 5. The Morgan fingerprint density at radius 3 is 2.33 bits per heavy atom. The standard InChI is InChI=1S/C12H12NO3S.Mo/c1-13(2)9-3-4-11-8(5-9)6-10(17(15)16)7-12(11)14;/h3-7,14H,1-2H3;/q-1;. The molecule has 0 radical (unpaired) electrons. The third-order valence-corrected chi connectivity index (χ3v) is 3.22. The molecule has 0 fully saturated rings. The maximum Gasteiger partial charge on any atom is 0.121 e. The van der Waals surface area contributed by atoms with Gasteiger partial charge in [0.05, 0.1) is 0 Å². The third-order valence-electron chi connectivity index (χ3n) is 2.60. The van der Waals surface area contributed by atoms with E-state index in [-0.39, 0.29) is 31.7 Å². The fourth-order valence-corrected chi connectivity index (χ4v) is 2.12. The monoisotopic (exact) mass is 348 g/mol. The normalized spacial score (nSPS) is 10.4. The second-order valence-electron chi connectivity index (χ2n) is 3.98. The predicted molar refractivity (Wildman–Crippen MR) is 66.9 cm³/mol. The molecule has 0 aromatic heterocycles. The van der Waals surface area contributed by atoms with Crippen LogP contribution in [0.2, 0.25) is 0 Å². The summed E-state index contributed by atoms with van der Waals surface area (Å²) in [5.41, 5.74) is 0.950. The van der Waals surface area contributed by atoms with E-state index < -0.39 is 10.7 Å². The predicted octanol–water partition coefficient (Wildman–Crippen LogP) is 2.28. The Bertz CT molecular complexity index is 645. The van der Waals surface area contributed by atoms with Gasteiger partial charge in [0, 0.05) is 46.2 Å². The SMILES string of the molecule is CN(C)c1ccc2c(O)cc([S-](=O)=O)cc2c1.[Mo]. The van der Waals surface area contributed by atoms with Crippen molar-refractivity contribution in [3.05, 3.63) is 30.3 Å². The van der Waals surface area contributed by atoms with Crippen LogP contribution in [0.15, 0.2) is 35.2 Å². The van der Waals surface area contributed by atoms with Crippen molar-refractivity contribution in [3.63, 3.8) is 0 Å². The van der Waals surface area contributed by atoms with E-state index in [9.17, 15) is 13.5 Å². The van der Waals surface area contributed by atoms with Gasteiger partial charge in [-0.25, -0.2) is 0 Å². The average molecular weight is 346 g/mol. The molecular formula is C12H12MoNO3S-. The van der Waals surface area contributed by atoms with Gasteiger partial charge in [0.2, 0.25) is 0 Å². The number of anilines is 1. The molecule has 0 spiro atoms. The molecule has 0 heterocycles. The number of phenolic OH excluding ortho intramolecular Hbond substituents is 1. The van der Waals surface area contributed by atoms with Gasteiger partial charge in [0.15, 0.2) is 0 Å². The van der Waals surface area contributed by atoms with Gasteiger partial charge in [-0.2, -0.15) is 0 Å². The van der Waals surface area contributed by atoms with Gasteiger partial charge >= 0.3 is 0 Å². The Kier molecular flexibility index (Phi) is 4.76. The minimum Gasteiger partial charge on any atom is -0.507 e. The molecule has 1 N–H and O–H groups in total. The van der Waals surface area contributed by atoms with E-state index in [1.807, 2.05) is 31.1 Å². The number of hydrogen-bond donors (Lipinski definition) is 1. The Morgan fingerprint density at radius 1 is 1.11 bits per heavy atom. The van der Waals surface area contributed by atoms with Crippen LogP contribution in [0.1, 0.15) is 0 Å². The van der Waals surface area contributed by atoms with E-state index in [2.05, 4.69) is 0 Å². The molecule has 6 heteroatoms. The van der Waals surface area contributed by atoms with Gasteiger partial charge in [-0.1, -0.05) is 11.0 Å². The smallest absolute Gasteiger partial charge is 0.121 e. The van der Waals surface area contributed by atoms with Crippen LogP contribution in [0.4, 0.5) is 5.69 Å². The van der Waals surface area contributed by atoms with Crippen LogP contribution in [0.3, 0.4) is 0 Å². The molecule has 0 atom stereocenters. The maximum absolute atomic E-state index is 10.9. The van der Waals surface area contributed by atoms with Crippen LogP contribution < -0.4 is 4.90 Å². The van der Waals surface area contributed by atoms with E-state index in [0.717, 1.165) is 5.69 Å². The molecule has 2 aromatic carbocycles. The zero-order valence-electron chi connectivity index (χ0n) is 9.91. The number of aromatic hydroxyl groups is 1. The number of fused-ring (bicyclic) bond motifs is 1. The largest absolute Gasteiger partial charge is 0.507 e. The summed E-state index contributed by atoms with van der Waals surface area (Å²) in [5.74, 6) is -0.0213. The second-order valence-corrected chi connectivity index (χ2v) is 4.92. The van der Waals surface area contributed by atoms with Crippen molar-refractivity contribution in [2.45, 2.75) is 4.90 Å². The minimum atomic E-state index is -2.34. The van der Waals surface area contributed by atoms with Crippen LogP contribution >= 0.6 is 0 Å². The third kappa shape index (κ3) is 2.85. The number of rotatable bonds is 2. The van der Waals surface area contributed by atoms with Gasteiger partial charge in [-0.3, -0.25) is 0 Å². The topological polar surface area (TPSA) is 57.6 Å². The van der Waals surface area contributed by atoms with Crippen molar-refractivity contribution in [2.24, 2.45) is 0 Å². The first-order valence-corrected chi connectivity index (χ1v) is 6.10. The molecule has 4 nitrogen and oxygen atoms in total. The van der Waals surface area contributed by atoms with Gasteiger partial charge in [-0.15, -0.1) is 0 Å². The number of benzene rings is 2. The molecule has 0 saturated carbocycles. The molecule has 96 valence electrons. The molecule has 0 aliphatic heterocycles. The first kappa shape index (κ1) is 15.0. The Morgan fingerprint density at radius 2 is 1.78 bits per heavy atom. The van der Waals surface area contributed by atoms with Crippen molar-refractivity contribution in [2.75, 3.05) is 19.0 Å². The maximum atomic E-state index is 10.9. The van der Waals surface area contributed by atoms with Crippen LogP contribution in [0.5, 0.6) is 5.75 Å². The molecule has 0 bridgehead atoms. The van der Waals surface area contributed by atoms with Crippen LogP contribution in [0.25, 0.3) is 10.8 Å². The molecule has 0 saturated heterocycles. The van der Waals surface area contributed by atoms with Gasteiger partial charge in [0.25, 0.3) is 0 Å². The first-order chi connectivity index (χ1) is 7.99. The van der Waals surface area contributed by atoms with Crippen molar-refractivity contribution >= 4 is 27.2 Å². The second kappa shape index (κ2) is 5.72. The van der Waals surface area contributed by atoms with Crippen LogP contribution in [0, 0.1) is 0 Å². The van der Waals surface area contributed by atoms with Crippen molar-refractivity contribution in [3.8, 4) is 5.75 Å². The molecular weight excluding hydrogens is 334 g/mol. The Labute approximate surface area is 121 Å². The van der Waals surface area contributed by atoms with Crippen molar-refractivity contribution in [1.82, 2.24) is 0 Å². The fourth-order valence-electron chi connectivity index (χ4n) is 1.68. The summed E-state index contributed by atoms with van der Waals surface area (Å²) >= 11 is 0. The summed E-state index contributed by atoms with van der Waals surface area (Å²) in [6.07, 6.45) is 0. The first-order valence-electron chi connectivity index (χ1n) is 5.02. The zero-order valence-corrected chi connectivity index (χ0v) is 12.7. The molecule has 0 amide bonds. The van der Waals surface area contributed by atoms with E-state index in [1.54, 1.807) is 12.1 Å². The Hall–Kier alpha value is -1.06. The van der Waals surface area contributed by atoms with Crippen LogP contribution in [-0.4, -0.2) is 19.2 Å². The molecule has 2 rings (SSSR count). The number of phenols is 1. The zero-order chi connectivity index (χ0) is 12.6. The van der Waals surface area contributed by atoms with Crippen molar-refractivity contribution in [1.29, 1.82) is 0 Å². The molecule has 0 unspecified atom stereocenters. The quantitative estimate of drug-likeness (QED) is 0.670. The molecule has 0 aliphatic carbocycles. The van der Waals surface area contributed by atoms with E-state index in [0.29, 0.717) is 10.8 Å².